The molecule has 0 unspecified atom stereocenters. The number of rotatable bonds is 2. The summed E-state index contributed by atoms with van der Waals surface area (Å²) in [5.74, 6) is 0. The molecule has 0 radical (unpaired) electrons. The Bertz CT molecular complexity index is 298. The first-order chi connectivity index (χ1) is 6.29. The molecular formula is C9H10N2O2. The van der Waals surface area contributed by atoms with E-state index < -0.39 is 6.03 Å². The van der Waals surface area contributed by atoms with Crippen LogP contribution in [-0.4, -0.2) is 19.5 Å². The van der Waals surface area contributed by atoms with Crippen LogP contribution in [0.1, 0.15) is 0 Å². The van der Waals surface area contributed by atoms with Gasteiger partial charge >= 0.3 is 6.03 Å². The fraction of sp³-hybridized carbons (Fsp3) is 0.111. The second-order valence-corrected chi connectivity index (χ2v) is 2.37. The van der Waals surface area contributed by atoms with E-state index in [1.54, 1.807) is 24.3 Å². The molecule has 1 N–H and O–H groups in total. The van der Waals surface area contributed by atoms with E-state index in [1.807, 2.05) is 6.07 Å². The Labute approximate surface area is 76.2 Å². The average Bonchev–Trinajstić information content (AvgIpc) is 2.20. The molecule has 1 aromatic rings. The van der Waals surface area contributed by atoms with Crippen LogP contribution in [0, 0.1) is 0 Å². The molecule has 0 saturated carbocycles. The summed E-state index contributed by atoms with van der Waals surface area (Å²) in [6, 6.07) is 8.26. The largest absolute Gasteiger partial charge is 0.340 e. The zero-order valence-corrected chi connectivity index (χ0v) is 7.23. The van der Waals surface area contributed by atoms with Gasteiger partial charge in [-0.25, -0.2) is 9.69 Å². The van der Waals surface area contributed by atoms with E-state index in [2.05, 4.69) is 5.32 Å². The van der Waals surface area contributed by atoms with Crippen molar-refractivity contribution in [2.24, 2.45) is 0 Å². The number of carbonyl (C=O) groups excluding carboxylic acids is 2. The van der Waals surface area contributed by atoms with Crippen molar-refractivity contribution in [3.8, 4) is 0 Å². The van der Waals surface area contributed by atoms with Gasteiger partial charge in [0.15, 0.2) is 0 Å². The summed E-state index contributed by atoms with van der Waals surface area (Å²) in [5.41, 5.74) is 0.553. The quantitative estimate of drug-likeness (QED) is 0.686. The van der Waals surface area contributed by atoms with Crippen molar-refractivity contribution in [3.05, 3.63) is 30.3 Å². The van der Waals surface area contributed by atoms with E-state index in [4.69, 9.17) is 0 Å². The lowest BCUT2D eigenvalue weighted by Gasteiger charge is -2.13. The highest BCUT2D eigenvalue weighted by molar-refractivity contribution is 6.05. The van der Waals surface area contributed by atoms with E-state index >= 15 is 0 Å². The maximum Gasteiger partial charge on any atom is 0.328 e. The van der Waals surface area contributed by atoms with Gasteiger partial charge in [0.05, 0.1) is 5.69 Å². The zero-order chi connectivity index (χ0) is 9.68. The third kappa shape index (κ3) is 2.05. The van der Waals surface area contributed by atoms with E-state index in [1.165, 1.54) is 7.05 Å². The van der Waals surface area contributed by atoms with Gasteiger partial charge in [0.2, 0.25) is 6.41 Å². The Morgan fingerprint density at radius 2 is 2.00 bits per heavy atom. The standard InChI is InChI=1S/C9H10N2O2/c1-10-9(13)11(7-12)8-5-3-2-4-6-8/h2-7H,1H3,(H,10,13). The number of nitrogens with one attached hydrogen (secondary N) is 1. The molecule has 0 aromatic heterocycles. The van der Waals surface area contributed by atoms with Gasteiger partial charge in [-0.2, -0.15) is 0 Å². The minimum Gasteiger partial charge on any atom is -0.340 e. The van der Waals surface area contributed by atoms with Gasteiger partial charge in [-0.3, -0.25) is 4.79 Å². The third-order valence-corrected chi connectivity index (χ3v) is 1.57. The van der Waals surface area contributed by atoms with E-state index in [0.29, 0.717) is 12.1 Å². The van der Waals surface area contributed by atoms with E-state index in [0.717, 1.165) is 4.90 Å². The van der Waals surface area contributed by atoms with Crippen molar-refractivity contribution in [1.29, 1.82) is 0 Å². The molecule has 0 saturated heterocycles. The summed E-state index contributed by atoms with van der Waals surface area (Å²) in [6.45, 7) is 0. The first-order valence-electron chi connectivity index (χ1n) is 3.81. The molecule has 0 heterocycles. The Morgan fingerprint density at radius 3 is 2.46 bits per heavy atom. The van der Waals surface area contributed by atoms with E-state index in [9.17, 15) is 9.59 Å². The molecule has 68 valence electrons. The number of carbonyl (C=O) groups is 2. The van der Waals surface area contributed by atoms with Crippen molar-refractivity contribution in [3.63, 3.8) is 0 Å². The van der Waals surface area contributed by atoms with Crippen LogP contribution in [0.25, 0.3) is 0 Å². The Balaban J connectivity index is 2.91. The molecule has 0 aliphatic carbocycles. The van der Waals surface area contributed by atoms with Crippen molar-refractivity contribution >= 4 is 18.1 Å². The van der Waals surface area contributed by atoms with Gasteiger partial charge in [-0.05, 0) is 12.1 Å². The lowest BCUT2D eigenvalue weighted by atomic mass is 10.3. The summed E-state index contributed by atoms with van der Waals surface area (Å²) >= 11 is 0. The van der Waals surface area contributed by atoms with Gasteiger partial charge < -0.3 is 5.32 Å². The van der Waals surface area contributed by atoms with Crippen molar-refractivity contribution < 1.29 is 9.59 Å². The zero-order valence-electron chi connectivity index (χ0n) is 7.23. The second-order valence-electron chi connectivity index (χ2n) is 2.37. The number of hydrogen-bond acceptors (Lipinski definition) is 2. The number of urea groups is 1. The molecule has 0 fully saturated rings. The SMILES string of the molecule is CNC(=O)N(C=O)c1ccccc1. The van der Waals surface area contributed by atoms with Gasteiger partial charge in [0.25, 0.3) is 0 Å². The Hall–Kier alpha value is -1.84. The average molecular weight is 178 g/mol. The number of hydrogen-bond donors (Lipinski definition) is 1. The monoisotopic (exact) mass is 178 g/mol. The molecule has 0 aliphatic heterocycles. The molecule has 0 aliphatic rings. The van der Waals surface area contributed by atoms with Crippen LogP contribution in [0.5, 0.6) is 0 Å². The predicted molar refractivity (Wildman–Crippen MR) is 49.4 cm³/mol. The first-order valence-corrected chi connectivity index (χ1v) is 3.81. The highest BCUT2D eigenvalue weighted by atomic mass is 16.2. The van der Waals surface area contributed by atoms with Crippen LogP contribution in [0.15, 0.2) is 30.3 Å². The minimum absolute atomic E-state index is 0.443. The van der Waals surface area contributed by atoms with Crippen molar-refractivity contribution in [1.82, 2.24) is 5.32 Å². The Morgan fingerprint density at radius 1 is 1.38 bits per heavy atom. The number of imide groups is 1. The summed E-state index contributed by atoms with van der Waals surface area (Å²) in [6.07, 6.45) is 0.480. The smallest absolute Gasteiger partial charge is 0.328 e. The number of nitrogens with zero attached hydrogens (tertiary/aromatic N) is 1. The maximum atomic E-state index is 11.1. The van der Waals surface area contributed by atoms with Crippen molar-refractivity contribution in [2.45, 2.75) is 0 Å². The summed E-state index contributed by atoms with van der Waals surface area (Å²) in [5, 5.41) is 2.37. The number of amides is 3. The molecule has 3 amide bonds. The number of anilines is 1. The summed E-state index contributed by atoms with van der Waals surface area (Å²) in [4.78, 5) is 22.7. The molecular weight excluding hydrogens is 168 g/mol. The van der Waals surface area contributed by atoms with Crippen LogP contribution in [0.3, 0.4) is 0 Å². The van der Waals surface area contributed by atoms with Gasteiger partial charge in [-0.15, -0.1) is 0 Å². The van der Waals surface area contributed by atoms with Crippen LogP contribution >= 0.6 is 0 Å². The lowest BCUT2D eigenvalue weighted by Crippen LogP contribution is -2.36. The molecule has 1 rings (SSSR count). The van der Waals surface area contributed by atoms with Gasteiger partial charge in [0, 0.05) is 7.05 Å². The van der Waals surface area contributed by atoms with Crippen LogP contribution < -0.4 is 10.2 Å². The lowest BCUT2D eigenvalue weighted by molar-refractivity contribution is -0.106. The highest BCUT2D eigenvalue weighted by Gasteiger charge is 2.11. The fourth-order valence-corrected chi connectivity index (χ4v) is 0.935. The van der Waals surface area contributed by atoms with E-state index in [-0.39, 0.29) is 0 Å². The number of benzene rings is 1. The normalized spacial score (nSPS) is 9.00. The third-order valence-electron chi connectivity index (χ3n) is 1.57. The van der Waals surface area contributed by atoms with Crippen LogP contribution in [0.4, 0.5) is 10.5 Å². The van der Waals surface area contributed by atoms with Crippen LogP contribution in [0.2, 0.25) is 0 Å². The van der Waals surface area contributed by atoms with Crippen LogP contribution in [-0.2, 0) is 4.79 Å². The molecule has 0 bridgehead atoms. The Kier molecular flexibility index (Phi) is 3.03. The topological polar surface area (TPSA) is 49.4 Å². The predicted octanol–water partition coefficient (Wildman–Crippen LogP) is 0.989. The second kappa shape index (κ2) is 4.25. The molecule has 0 atom stereocenters. The van der Waals surface area contributed by atoms with Crippen molar-refractivity contribution in [2.75, 3.05) is 11.9 Å². The molecule has 4 heteroatoms. The summed E-state index contributed by atoms with van der Waals surface area (Å²) < 4.78 is 0. The molecule has 4 nitrogen and oxygen atoms in total. The maximum absolute atomic E-state index is 11.1. The van der Waals surface area contributed by atoms with Gasteiger partial charge in [0.1, 0.15) is 0 Å². The molecule has 1 aromatic carbocycles. The minimum atomic E-state index is -0.443. The fourth-order valence-electron chi connectivity index (χ4n) is 0.935. The number of para-hydroxylation sites is 1. The van der Waals surface area contributed by atoms with Gasteiger partial charge in [-0.1, -0.05) is 18.2 Å². The highest BCUT2D eigenvalue weighted by Crippen LogP contribution is 2.10. The first kappa shape index (κ1) is 9.25. The molecule has 0 spiro atoms. The molecule has 13 heavy (non-hydrogen) atoms. The summed E-state index contributed by atoms with van der Waals surface area (Å²) in [7, 11) is 1.47.